The predicted octanol–water partition coefficient (Wildman–Crippen LogP) is 5.51. The summed E-state index contributed by atoms with van der Waals surface area (Å²) in [7, 11) is 0. The molecule has 0 radical (unpaired) electrons. The molecule has 3 aromatic heterocycles. The molecular weight excluding hydrogens is 707 g/mol. The van der Waals surface area contributed by atoms with Crippen LogP contribution in [0.4, 0.5) is 11.7 Å². The second-order valence-corrected chi connectivity index (χ2v) is 13.9. The molecular formula is C44H45N7O5. The van der Waals surface area contributed by atoms with Gasteiger partial charge in [0.15, 0.2) is 5.82 Å². The fourth-order valence-corrected chi connectivity index (χ4v) is 6.99. The van der Waals surface area contributed by atoms with Crippen molar-refractivity contribution in [3.05, 3.63) is 114 Å². The molecule has 12 heteroatoms. The zero-order valence-corrected chi connectivity index (χ0v) is 31.3. The standard InChI is InChI=1S/C44H45N7O5/c1-2-40(53)50-22-23-51(41(54)30-50)42-19-17-36(56-42)16-18-39(52)46-21-6-3-7-24-55-25-9-10-31-14-15-32-27-35(28-34(32)26-31)47-44-37-12-4-5-13-38(37)48-43(49-44)33-11-8-20-45-29-33/h2,4-5,8,11-15,17,19-20,26,29,35H,1,3,6-7,16,18,21-25,27-28,30H2,(H,46,52)(H,47,48,49). The van der Waals surface area contributed by atoms with Gasteiger partial charge in [-0.3, -0.25) is 24.3 Å². The normalized spacial score (nSPS) is 14.9. The number of para-hydroxylation sites is 1. The van der Waals surface area contributed by atoms with E-state index >= 15 is 0 Å². The lowest BCUT2D eigenvalue weighted by Crippen LogP contribution is -2.52. The Bertz CT molecular complexity index is 2260. The number of rotatable bonds is 15. The van der Waals surface area contributed by atoms with Gasteiger partial charge in [-0.15, -0.1) is 0 Å². The van der Waals surface area contributed by atoms with Crippen LogP contribution in [-0.2, 0) is 38.4 Å². The number of carbonyl (C=O) groups excluding carboxylic acids is 3. The van der Waals surface area contributed by atoms with E-state index in [1.165, 1.54) is 27.0 Å². The Labute approximate surface area is 326 Å². The predicted molar refractivity (Wildman–Crippen MR) is 215 cm³/mol. The number of amides is 3. The van der Waals surface area contributed by atoms with E-state index in [9.17, 15) is 14.4 Å². The van der Waals surface area contributed by atoms with E-state index in [1.807, 2.05) is 30.3 Å². The third kappa shape index (κ3) is 9.67. The average molecular weight is 752 g/mol. The van der Waals surface area contributed by atoms with E-state index in [-0.39, 0.29) is 30.3 Å². The number of hydrogen-bond donors (Lipinski definition) is 2. The molecule has 56 heavy (non-hydrogen) atoms. The van der Waals surface area contributed by atoms with Crippen molar-refractivity contribution in [2.45, 2.75) is 51.0 Å². The maximum Gasteiger partial charge on any atom is 0.248 e. The summed E-state index contributed by atoms with van der Waals surface area (Å²) in [5.74, 6) is 8.43. The number of aryl methyl sites for hydroxylation is 1. The Morgan fingerprint density at radius 3 is 2.75 bits per heavy atom. The molecule has 286 valence electrons. The van der Waals surface area contributed by atoms with Crippen LogP contribution in [0.3, 0.4) is 0 Å². The second-order valence-electron chi connectivity index (χ2n) is 13.9. The molecule has 7 rings (SSSR count). The zero-order valence-electron chi connectivity index (χ0n) is 31.3. The molecule has 1 unspecified atom stereocenters. The van der Waals surface area contributed by atoms with Crippen molar-refractivity contribution >= 4 is 40.3 Å². The summed E-state index contributed by atoms with van der Waals surface area (Å²) >= 11 is 0. The molecule has 1 fully saturated rings. The minimum Gasteiger partial charge on any atom is -0.445 e. The number of fused-ring (bicyclic) bond motifs is 2. The summed E-state index contributed by atoms with van der Waals surface area (Å²) in [5, 5.41) is 7.67. The molecule has 2 aliphatic rings. The van der Waals surface area contributed by atoms with Crippen molar-refractivity contribution in [2.24, 2.45) is 0 Å². The van der Waals surface area contributed by atoms with E-state index < -0.39 is 0 Å². The third-order valence-electron chi connectivity index (χ3n) is 9.92. The van der Waals surface area contributed by atoms with Gasteiger partial charge in [0.1, 0.15) is 24.7 Å². The topological polar surface area (TPSA) is 143 Å². The van der Waals surface area contributed by atoms with Gasteiger partial charge in [-0.1, -0.05) is 36.6 Å². The van der Waals surface area contributed by atoms with Gasteiger partial charge in [-0.2, -0.15) is 0 Å². The molecule has 5 aromatic rings. The van der Waals surface area contributed by atoms with Gasteiger partial charge in [-0.05, 0) is 91.8 Å². The number of nitrogens with one attached hydrogen (secondary N) is 2. The fraction of sp³-hybridized carbons (Fsp3) is 0.318. The maximum absolute atomic E-state index is 12.5. The second kappa shape index (κ2) is 18.3. The molecule has 3 amide bonds. The molecule has 4 heterocycles. The maximum atomic E-state index is 12.5. The van der Waals surface area contributed by atoms with Crippen LogP contribution in [0.1, 0.15) is 48.1 Å². The van der Waals surface area contributed by atoms with Gasteiger partial charge in [0, 0.05) is 80.1 Å². The molecule has 2 N–H and O–H groups in total. The molecule has 0 saturated carbocycles. The molecule has 0 spiro atoms. The van der Waals surface area contributed by atoms with Crippen LogP contribution in [-0.4, -0.2) is 83.0 Å². The summed E-state index contributed by atoms with van der Waals surface area (Å²) in [6.45, 7) is 5.80. The van der Waals surface area contributed by atoms with Crippen LogP contribution >= 0.6 is 0 Å². The van der Waals surface area contributed by atoms with Crippen molar-refractivity contribution in [1.82, 2.24) is 25.2 Å². The number of furan rings is 1. The van der Waals surface area contributed by atoms with Crippen LogP contribution in [0.15, 0.2) is 96.2 Å². The van der Waals surface area contributed by atoms with Gasteiger partial charge < -0.3 is 24.7 Å². The van der Waals surface area contributed by atoms with Crippen molar-refractivity contribution in [3.63, 3.8) is 0 Å². The summed E-state index contributed by atoms with van der Waals surface area (Å²) in [5.41, 5.74) is 5.38. The molecule has 1 atom stereocenters. The molecule has 12 nitrogen and oxygen atoms in total. The van der Waals surface area contributed by atoms with Crippen LogP contribution in [0, 0.1) is 11.8 Å². The summed E-state index contributed by atoms with van der Waals surface area (Å²) in [6, 6.07) is 22.1. The lowest BCUT2D eigenvalue weighted by molar-refractivity contribution is -0.133. The van der Waals surface area contributed by atoms with E-state index in [1.54, 1.807) is 24.5 Å². The van der Waals surface area contributed by atoms with E-state index in [0.29, 0.717) is 63.2 Å². The van der Waals surface area contributed by atoms with Crippen LogP contribution < -0.4 is 15.5 Å². The number of ether oxygens (including phenoxy) is 1. The van der Waals surface area contributed by atoms with Gasteiger partial charge in [0.05, 0.1) is 5.52 Å². The van der Waals surface area contributed by atoms with Gasteiger partial charge in [-0.25, -0.2) is 9.97 Å². The first-order valence-electron chi connectivity index (χ1n) is 19.1. The molecule has 1 aliphatic carbocycles. The van der Waals surface area contributed by atoms with Crippen molar-refractivity contribution in [3.8, 4) is 23.2 Å². The van der Waals surface area contributed by atoms with Crippen LogP contribution in [0.5, 0.6) is 0 Å². The highest BCUT2D eigenvalue weighted by molar-refractivity contribution is 5.98. The van der Waals surface area contributed by atoms with E-state index in [0.717, 1.165) is 60.0 Å². The summed E-state index contributed by atoms with van der Waals surface area (Å²) in [4.78, 5) is 53.6. The van der Waals surface area contributed by atoms with E-state index in [2.05, 4.69) is 58.3 Å². The fourth-order valence-electron chi connectivity index (χ4n) is 6.99. The number of aromatic nitrogens is 3. The smallest absolute Gasteiger partial charge is 0.248 e. The van der Waals surface area contributed by atoms with Gasteiger partial charge >= 0.3 is 0 Å². The summed E-state index contributed by atoms with van der Waals surface area (Å²) in [6.07, 6.45) is 9.95. The first-order chi connectivity index (χ1) is 27.4. The lowest BCUT2D eigenvalue weighted by Gasteiger charge is -2.32. The van der Waals surface area contributed by atoms with Crippen LogP contribution in [0.25, 0.3) is 22.3 Å². The Kier molecular flexibility index (Phi) is 12.4. The number of piperazine rings is 1. The first-order valence-corrected chi connectivity index (χ1v) is 19.1. The summed E-state index contributed by atoms with van der Waals surface area (Å²) < 4.78 is 11.6. The average Bonchev–Trinajstić information content (AvgIpc) is 3.87. The van der Waals surface area contributed by atoms with Gasteiger partial charge in [0.25, 0.3) is 0 Å². The van der Waals surface area contributed by atoms with Crippen molar-refractivity contribution < 1.29 is 23.5 Å². The zero-order chi connectivity index (χ0) is 38.7. The minimum atomic E-state index is -0.263. The minimum absolute atomic E-state index is 0.0132. The molecule has 0 bridgehead atoms. The highest BCUT2D eigenvalue weighted by Gasteiger charge is 2.29. The van der Waals surface area contributed by atoms with Crippen molar-refractivity contribution in [1.29, 1.82) is 0 Å². The van der Waals surface area contributed by atoms with Crippen molar-refractivity contribution in [2.75, 3.05) is 49.6 Å². The monoisotopic (exact) mass is 751 g/mol. The first kappa shape index (κ1) is 38.0. The molecule has 1 saturated heterocycles. The third-order valence-corrected chi connectivity index (χ3v) is 9.92. The number of nitrogens with zero attached hydrogens (tertiary/aromatic N) is 5. The number of hydrogen-bond acceptors (Lipinski definition) is 9. The van der Waals surface area contributed by atoms with E-state index in [4.69, 9.17) is 19.1 Å². The highest BCUT2D eigenvalue weighted by atomic mass is 16.5. The lowest BCUT2D eigenvalue weighted by atomic mass is 10.1. The van der Waals surface area contributed by atoms with Gasteiger partial charge in [0.2, 0.25) is 23.6 Å². The number of pyridine rings is 1. The quantitative estimate of drug-likeness (QED) is 0.0805. The highest BCUT2D eigenvalue weighted by Crippen LogP contribution is 2.29. The number of benzene rings is 2. The Morgan fingerprint density at radius 2 is 1.89 bits per heavy atom. The molecule has 2 aromatic carbocycles. The Morgan fingerprint density at radius 1 is 1.00 bits per heavy atom. The van der Waals surface area contributed by atoms with Crippen LogP contribution in [0.2, 0.25) is 0 Å². The largest absolute Gasteiger partial charge is 0.445 e. The number of carbonyl (C=O) groups is 3. The number of unbranched alkanes of at least 4 members (excludes halogenated alkanes) is 2. The molecule has 1 aliphatic heterocycles. The number of anilines is 2. The Balaban J connectivity index is 0.769. The Hall–Kier alpha value is -6.32. The SMILES string of the molecule is C=CC(=O)N1CCN(c2ccc(CCC(=O)NCCCCCOCC#Cc3ccc4c(c3)CC(Nc3nc(-c5cccnc5)nc5ccccc35)C4)o2)C(=O)C1.